The monoisotopic (exact) mass is 498 g/mol. The number of urea groups is 1. The van der Waals surface area contributed by atoms with E-state index in [1.54, 1.807) is 12.1 Å². The highest BCUT2D eigenvalue weighted by molar-refractivity contribution is 6.42. The largest absolute Gasteiger partial charge is 0.459 e. The molecule has 4 rings (SSSR count). The van der Waals surface area contributed by atoms with Crippen molar-refractivity contribution in [2.45, 2.75) is 17.9 Å². The third kappa shape index (κ3) is 4.19. The summed E-state index contributed by atoms with van der Waals surface area (Å²) in [7, 11) is 0. The summed E-state index contributed by atoms with van der Waals surface area (Å²) >= 11 is 11.9. The van der Waals surface area contributed by atoms with Crippen LogP contribution >= 0.6 is 23.2 Å². The van der Waals surface area contributed by atoms with Gasteiger partial charge in [0, 0.05) is 11.1 Å². The third-order valence-electron chi connectivity index (χ3n) is 5.28. The standard InChI is InChI=1S/C22H15Cl2F3N2O4/c23-13-7-6-12(10-14(13)24)15-8-9-16(33-15)18-17(19(30)11-4-2-1-3-5-11)21(32,22(25,26)27)29-20(31)28-18/h1-10,17-18,32H,(H2,28,29,31)/t17-,18-,21+/m1/s1. The van der Waals surface area contributed by atoms with Crippen molar-refractivity contribution in [3.8, 4) is 11.3 Å². The van der Waals surface area contributed by atoms with Gasteiger partial charge in [-0.25, -0.2) is 4.79 Å². The van der Waals surface area contributed by atoms with Crippen molar-refractivity contribution in [3.63, 3.8) is 0 Å². The van der Waals surface area contributed by atoms with E-state index >= 15 is 0 Å². The van der Waals surface area contributed by atoms with Crippen molar-refractivity contribution in [2.75, 3.05) is 0 Å². The Labute approximate surface area is 195 Å². The Morgan fingerprint density at radius 3 is 2.36 bits per heavy atom. The van der Waals surface area contributed by atoms with Crippen LogP contribution in [0.5, 0.6) is 0 Å². The molecule has 172 valence electrons. The molecule has 0 aliphatic carbocycles. The van der Waals surface area contributed by atoms with Crippen molar-refractivity contribution in [3.05, 3.63) is 82.0 Å². The quantitative estimate of drug-likeness (QED) is 0.422. The molecule has 11 heteroatoms. The van der Waals surface area contributed by atoms with E-state index in [1.165, 1.54) is 53.8 Å². The van der Waals surface area contributed by atoms with Crippen LogP contribution in [0.15, 0.2) is 65.1 Å². The van der Waals surface area contributed by atoms with Gasteiger partial charge in [0.05, 0.1) is 10.0 Å². The summed E-state index contributed by atoms with van der Waals surface area (Å²) in [6, 6.07) is 11.6. The molecule has 0 unspecified atom stereocenters. The second-order valence-corrected chi connectivity index (χ2v) is 8.19. The molecule has 33 heavy (non-hydrogen) atoms. The van der Waals surface area contributed by atoms with Crippen LogP contribution in [0.3, 0.4) is 0 Å². The maximum Gasteiger partial charge on any atom is 0.437 e. The Kier molecular flexibility index (Phi) is 5.90. The summed E-state index contributed by atoms with van der Waals surface area (Å²) in [5.74, 6) is -3.19. The molecule has 3 atom stereocenters. The van der Waals surface area contributed by atoms with E-state index in [0.717, 1.165) is 0 Å². The van der Waals surface area contributed by atoms with Gasteiger partial charge in [-0.3, -0.25) is 4.79 Å². The summed E-state index contributed by atoms with van der Waals surface area (Å²) in [4.78, 5) is 25.3. The highest BCUT2D eigenvalue weighted by atomic mass is 35.5. The van der Waals surface area contributed by atoms with Gasteiger partial charge in [-0.2, -0.15) is 13.2 Å². The highest BCUT2D eigenvalue weighted by Crippen LogP contribution is 2.44. The number of hydrogen-bond acceptors (Lipinski definition) is 4. The number of amides is 2. The SMILES string of the molecule is O=C1N[C@H](c2ccc(-c3ccc(Cl)c(Cl)c3)o2)[C@H](C(=O)c2ccccc2)[C@](O)(C(F)(F)F)N1. The first-order chi connectivity index (χ1) is 15.5. The van der Waals surface area contributed by atoms with E-state index in [0.29, 0.717) is 10.6 Å². The number of halogens is 5. The number of carbonyl (C=O) groups excluding carboxylic acids is 2. The van der Waals surface area contributed by atoms with Gasteiger partial charge in [-0.15, -0.1) is 0 Å². The van der Waals surface area contributed by atoms with Gasteiger partial charge in [-0.05, 0) is 30.3 Å². The van der Waals surface area contributed by atoms with Gasteiger partial charge in [-0.1, -0.05) is 53.5 Å². The number of ketones is 1. The van der Waals surface area contributed by atoms with Crippen molar-refractivity contribution in [1.82, 2.24) is 10.6 Å². The molecule has 0 bridgehead atoms. The van der Waals surface area contributed by atoms with E-state index in [9.17, 15) is 27.9 Å². The smallest absolute Gasteiger partial charge is 0.437 e. The first kappa shape index (κ1) is 23.2. The van der Waals surface area contributed by atoms with Crippen molar-refractivity contribution >= 4 is 35.0 Å². The fourth-order valence-corrected chi connectivity index (χ4v) is 3.98. The number of furan rings is 1. The molecule has 1 saturated heterocycles. The third-order valence-corrected chi connectivity index (χ3v) is 6.02. The molecule has 1 fully saturated rings. The molecule has 0 saturated carbocycles. The lowest BCUT2D eigenvalue weighted by Gasteiger charge is -2.44. The maximum absolute atomic E-state index is 14.0. The lowest BCUT2D eigenvalue weighted by Crippen LogP contribution is -2.72. The van der Waals surface area contributed by atoms with Crippen LogP contribution in [0.2, 0.25) is 10.0 Å². The zero-order valence-corrected chi connectivity index (χ0v) is 18.0. The normalized spacial score (nSPS) is 23.0. The average Bonchev–Trinajstić information content (AvgIpc) is 3.25. The first-order valence-electron chi connectivity index (χ1n) is 9.53. The van der Waals surface area contributed by atoms with Gasteiger partial charge in [0.15, 0.2) is 5.78 Å². The number of Topliss-reactive ketones (excluding diaryl/α,β-unsaturated/α-hetero) is 1. The summed E-state index contributed by atoms with van der Waals surface area (Å²) in [6.07, 6.45) is -5.36. The number of benzene rings is 2. The van der Waals surface area contributed by atoms with E-state index in [4.69, 9.17) is 27.6 Å². The number of aliphatic hydroxyl groups is 1. The fourth-order valence-electron chi connectivity index (χ4n) is 3.68. The van der Waals surface area contributed by atoms with Crippen LogP contribution in [-0.2, 0) is 0 Å². The topological polar surface area (TPSA) is 91.6 Å². The number of hydrogen-bond donors (Lipinski definition) is 3. The van der Waals surface area contributed by atoms with Gasteiger partial charge in [0.2, 0.25) is 5.72 Å². The number of carbonyl (C=O) groups is 2. The van der Waals surface area contributed by atoms with E-state index < -0.39 is 35.7 Å². The molecule has 0 radical (unpaired) electrons. The Balaban J connectivity index is 1.81. The van der Waals surface area contributed by atoms with Crippen LogP contribution in [0.25, 0.3) is 11.3 Å². The van der Waals surface area contributed by atoms with Gasteiger partial charge >= 0.3 is 12.2 Å². The molecule has 3 aromatic rings. The molecule has 2 amide bonds. The van der Waals surface area contributed by atoms with Gasteiger partial charge in [0.25, 0.3) is 0 Å². The number of nitrogens with one attached hydrogen (secondary N) is 2. The van der Waals surface area contributed by atoms with Crippen molar-refractivity contribution < 1.29 is 32.3 Å². The zero-order chi connectivity index (χ0) is 24.0. The maximum atomic E-state index is 14.0. The summed E-state index contributed by atoms with van der Waals surface area (Å²) in [5, 5.41) is 14.9. The van der Waals surface area contributed by atoms with Crippen LogP contribution in [0.4, 0.5) is 18.0 Å². The Morgan fingerprint density at radius 2 is 1.73 bits per heavy atom. The molecule has 0 spiro atoms. The molecule has 2 aromatic carbocycles. The van der Waals surface area contributed by atoms with Crippen LogP contribution < -0.4 is 10.6 Å². The Morgan fingerprint density at radius 1 is 1.03 bits per heavy atom. The van der Waals surface area contributed by atoms with Crippen molar-refractivity contribution in [1.29, 1.82) is 0 Å². The number of alkyl halides is 3. The van der Waals surface area contributed by atoms with E-state index in [1.807, 2.05) is 0 Å². The molecule has 3 N–H and O–H groups in total. The lowest BCUT2D eigenvalue weighted by molar-refractivity contribution is -0.288. The van der Waals surface area contributed by atoms with Crippen LogP contribution in [0, 0.1) is 5.92 Å². The fraction of sp³-hybridized carbons (Fsp3) is 0.182. The molecule has 2 heterocycles. The second-order valence-electron chi connectivity index (χ2n) is 7.38. The highest BCUT2D eigenvalue weighted by Gasteiger charge is 2.66. The summed E-state index contributed by atoms with van der Waals surface area (Å²) in [5.41, 5.74) is -3.46. The molecule has 1 aromatic heterocycles. The minimum absolute atomic E-state index is 0.0793. The lowest BCUT2D eigenvalue weighted by atomic mass is 9.79. The number of rotatable bonds is 4. The van der Waals surface area contributed by atoms with Gasteiger partial charge < -0.3 is 20.2 Å². The predicted octanol–water partition coefficient (Wildman–Crippen LogP) is 5.36. The molecule has 1 aliphatic rings. The van der Waals surface area contributed by atoms with E-state index in [2.05, 4.69) is 5.32 Å². The van der Waals surface area contributed by atoms with E-state index in [-0.39, 0.29) is 22.1 Å². The Bertz CT molecular complexity index is 1220. The minimum Gasteiger partial charge on any atom is -0.459 e. The molecule has 6 nitrogen and oxygen atoms in total. The minimum atomic E-state index is -5.36. The molecule has 1 aliphatic heterocycles. The molecular formula is C22H15Cl2F3N2O4. The summed E-state index contributed by atoms with van der Waals surface area (Å²) < 4.78 is 47.6. The summed E-state index contributed by atoms with van der Waals surface area (Å²) in [6.45, 7) is 0. The second kappa shape index (κ2) is 8.40. The van der Waals surface area contributed by atoms with Crippen molar-refractivity contribution in [2.24, 2.45) is 5.92 Å². The zero-order valence-electron chi connectivity index (χ0n) is 16.5. The first-order valence-corrected chi connectivity index (χ1v) is 10.3. The van der Waals surface area contributed by atoms with Crippen LogP contribution in [-0.4, -0.2) is 28.8 Å². The van der Waals surface area contributed by atoms with Crippen LogP contribution in [0.1, 0.15) is 22.2 Å². The predicted molar refractivity (Wildman–Crippen MR) is 114 cm³/mol. The molecular weight excluding hydrogens is 484 g/mol. The van der Waals surface area contributed by atoms with Gasteiger partial charge in [0.1, 0.15) is 23.5 Å². The Hall–Kier alpha value is -3.01. The average molecular weight is 499 g/mol.